The predicted octanol–water partition coefficient (Wildman–Crippen LogP) is 3.22. The molecule has 0 aromatic heterocycles. The number of ether oxygens (including phenoxy) is 2. The molecule has 1 fully saturated rings. The van der Waals surface area contributed by atoms with Crippen molar-refractivity contribution in [1.82, 2.24) is 0 Å². The number of nitrogen functional groups attached to an aromatic ring is 2. The molecule has 1 saturated heterocycles. The number of aromatic hydroxyl groups is 2. The molecule has 1 aliphatic rings. The third-order valence-corrected chi connectivity index (χ3v) is 5.58. The number of nitrogens with two attached hydrogens (primary N) is 2. The quantitative estimate of drug-likeness (QED) is 0.484. The smallest absolute Gasteiger partial charge is 0.138 e. The summed E-state index contributed by atoms with van der Waals surface area (Å²) in [6.45, 7) is 7.71. The maximum Gasteiger partial charge on any atom is 0.138 e. The monoisotopic (exact) mass is 358 g/mol. The molecule has 6 heteroatoms. The highest BCUT2D eigenvalue weighted by Gasteiger charge is 2.55. The highest BCUT2D eigenvalue weighted by Crippen LogP contribution is 2.52. The van der Waals surface area contributed by atoms with Crippen molar-refractivity contribution in [2.24, 2.45) is 0 Å². The lowest BCUT2D eigenvalue weighted by atomic mass is 9.73. The minimum Gasteiger partial charge on any atom is -0.506 e. The Labute approximate surface area is 153 Å². The topological polar surface area (TPSA) is 111 Å². The van der Waals surface area contributed by atoms with Gasteiger partial charge in [0.25, 0.3) is 0 Å². The molecular formula is C20H26N2O4. The number of anilines is 2. The average molecular weight is 358 g/mol. The zero-order valence-electron chi connectivity index (χ0n) is 15.5. The van der Waals surface area contributed by atoms with Gasteiger partial charge in [-0.25, -0.2) is 0 Å². The van der Waals surface area contributed by atoms with Crippen molar-refractivity contribution in [3.63, 3.8) is 0 Å². The van der Waals surface area contributed by atoms with Gasteiger partial charge in [-0.1, -0.05) is 12.1 Å². The van der Waals surface area contributed by atoms with E-state index in [9.17, 15) is 10.2 Å². The Morgan fingerprint density at radius 3 is 1.42 bits per heavy atom. The molecule has 0 aliphatic carbocycles. The molecule has 2 aromatic carbocycles. The third-order valence-electron chi connectivity index (χ3n) is 5.58. The summed E-state index contributed by atoms with van der Waals surface area (Å²) in [6.07, 6.45) is -0.342. The second-order valence-corrected chi connectivity index (χ2v) is 7.26. The SMILES string of the molecule is CC1OC(C)(c2ccc(N)c(O)c2)C(C)(c2ccc(N)c(O)c2)OC1C. The fourth-order valence-electron chi connectivity index (χ4n) is 3.53. The van der Waals surface area contributed by atoms with Crippen molar-refractivity contribution in [3.05, 3.63) is 47.5 Å². The van der Waals surface area contributed by atoms with Crippen molar-refractivity contribution < 1.29 is 19.7 Å². The van der Waals surface area contributed by atoms with E-state index in [0.717, 1.165) is 11.1 Å². The van der Waals surface area contributed by atoms with Crippen LogP contribution in [-0.2, 0) is 20.7 Å². The molecule has 0 saturated carbocycles. The summed E-state index contributed by atoms with van der Waals surface area (Å²) in [7, 11) is 0. The first-order chi connectivity index (χ1) is 12.1. The average Bonchev–Trinajstić information content (AvgIpc) is 2.58. The standard InChI is InChI=1S/C20H26N2O4/c1-11-12(2)26-20(4,14-6-8-16(22)18(24)10-14)19(3,25-11)13-5-7-15(21)17(23)9-13/h5-12,23-24H,21-22H2,1-4H3. The van der Waals surface area contributed by atoms with Crippen molar-refractivity contribution in [3.8, 4) is 11.5 Å². The summed E-state index contributed by atoms with van der Waals surface area (Å²) >= 11 is 0. The normalized spacial score (nSPS) is 31.7. The van der Waals surface area contributed by atoms with Gasteiger partial charge in [-0.3, -0.25) is 0 Å². The van der Waals surface area contributed by atoms with Crippen LogP contribution in [0.1, 0.15) is 38.8 Å². The Morgan fingerprint density at radius 2 is 1.12 bits per heavy atom. The van der Waals surface area contributed by atoms with Crippen LogP contribution in [0.4, 0.5) is 11.4 Å². The van der Waals surface area contributed by atoms with Crippen LogP contribution in [0, 0.1) is 0 Å². The lowest BCUT2D eigenvalue weighted by Crippen LogP contribution is -2.58. The molecule has 4 atom stereocenters. The molecule has 6 nitrogen and oxygen atoms in total. The third kappa shape index (κ3) is 2.66. The van der Waals surface area contributed by atoms with Crippen LogP contribution in [0.15, 0.2) is 36.4 Å². The molecule has 0 spiro atoms. The van der Waals surface area contributed by atoms with E-state index in [1.807, 2.05) is 39.8 Å². The number of benzene rings is 2. The number of phenolic OH excluding ortho intramolecular Hbond substituents is 2. The summed E-state index contributed by atoms with van der Waals surface area (Å²) in [5.41, 5.74) is 11.7. The van der Waals surface area contributed by atoms with Crippen LogP contribution in [0.5, 0.6) is 11.5 Å². The molecule has 2 aromatic rings. The lowest BCUT2D eigenvalue weighted by molar-refractivity contribution is -0.311. The summed E-state index contributed by atoms with van der Waals surface area (Å²) in [6, 6.07) is 10.1. The van der Waals surface area contributed by atoms with E-state index in [2.05, 4.69) is 0 Å². The minimum atomic E-state index is -0.938. The van der Waals surface area contributed by atoms with Crippen molar-refractivity contribution >= 4 is 11.4 Å². The number of phenols is 2. The lowest BCUT2D eigenvalue weighted by Gasteiger charge is -2.54. The Kier molecular flexibility index (Phi) is 4.29. The van der Waals surface area contributed by atoms with E-state index in [1.54, 1.807) is 24.3 Å². The van der Waals surface area contributed by atoms with Crippen LogP contribution in [0.3, 0.4) is 0 Å². The zero-order valence-corrected chi connectivity index (χ0v) is 15.5. The second-order valence-electron chi connectivity index (χ2n) is 7.26. The zero-order chi connectivity index (χ0) is 19.3. The first kappa shape index (κ1) is 18.4. The molecule has 0 bridgehead atoms. The van der Waals surface area contributed by atoms with Crippen molar-refractivity contribution in [2.45, 2.75) is 51.1 Å². The van der Waals surface area contributed by atoms with Gasteiger partial charge in [0.1, 0.15) is 22.7 Å². The fraction of sp³-hybridized carbons (Fsp3) is 0.400. The van der Waals surface area contributed by atoms with Gasteiger partial charge in [0, 0.05) is 0 Å². The maximum absolute atomic E-state index is 10.1. The molecule has 4 unspecified atom stereocenters. The minimum absolute atomic E-state index is 0.0129. The first-order valence-electron chi connectivity index (χ1n) is 8.62. The van der Waals surface area contributed by atoms with E-state index >= 15 is 0 Å². The highest BCUT2D eigenvalue weighted by molar-refractivity contribution is 5.56. The van der Waals surface area contributed by atoms with Gasteiger partial charge in [0.2, 0.25) is 0 Å². The van der Waals surface area contributed by atoms with Crippen LogP contribution < -0.4 is 11.5 Å². The van der Waals surface area contributed by atoms with E-state index in [4.69, 9.17) is 20.9 Å². The van der Waals surface area contributed by atoms with Crippen LogP contribution >= 0.6 is 0 Å². The summed E-state index contributed by atoms with van der Waals surface area (Å²) < 4.78 is 12.8. The van der Waals surface area contributed by atoms with E-state index in [1.165, 1.54) is 0 Å². The molecule has 26 heavy (non-hydrogen) atoms. The maximum atomic E-state index is 10.1. The molecule has 0 amide bonds. The molecule has 1 aliphatic heterocycles. The van der Waals surface area contributed by atoms with Gasteiger partial charge < -0.3 is 31.2 Å². The van der Waals surface area contributed by atoms with Gasteiger partial charge in [0.15, 0.2) is 0 Å². The van der Waals surface area contributed by atoms with Gasteiger partial charge in [0.05, 0.1) is 23.6 Å². The molecule has 6 N–H and O–H groups in total. The van der Waals surface area contributed by atoms with Crippen molar-refractivity contribution in [1.29, 1.82) is 0 Å². The number of rotatable bonds is 2. The van der Waals surface area contributed by atoms with E-state index in [0.29, 0.717) is 11.4 Å². The fourth-order valence-corrected chi connectivity index (χ4v) is 3.53. The van der Waals surface area contributed by atoms with Crippen LogP contribution in [0.25, 0.3) is 0 Å². The highest BCUT2D eigenvalue weighted by atomic mass is 16.6. The Bertz CT molecular complexity index is 771. The van der Waals surface area contributed by atoms with E-state index in [-0.39, 0.29) is 23.7 Å². The largest absolute Gasteiger partial charge is 0.506 e. The van der Waals surface area contributed by atoms with Gasteiger partial charge in [-0.05, 0) is 63.1 Å². The summed E-state index contributed by atoms with van der Waals surface area (Å²) in [5, 5.41) is 20.2. The molecular weight excluding hydrogens is 332 g/mol. The van der Waals surface area contributed by atoms with E-state index < -0.39 is 11.2 Å². The van der Waals surface area contributed by atoms with Crippen molar-refractivity contribution in [2.75, 3.05) is 11.5 Å². The van der Waals surface area contributed by atoms with Gasteiger partial charge >= 0.3 is 0 Å². The van der Waals surface area contributed by atoms with Crippen LogP contribution in [-0.4, -0.2) is 22.4 Å². The number of hydrogen-bond donors (Lipinski definition) is 4. The first-order valence-corrected chi connectivity index (χ1v) is 8.62. The number of hydrogen-bond acceptors (Lipinski definition) is 6. The molecule has 1 heterocycles. The molecule has 3 rings (SSSR count). The summed E-state index contributed by atoms with van der Waals surface area (Å²) in [5.74, 6) is -0.0257. The Balaban J connectivity index is 2.20. The Morgan fingerprint density at radius 1 is 0.769 bits per heavy atom. The summed E-state index contributed by atoms with van der Waals surface area (Å²) in [4.78, 5) is 0. The van der Waals surface area contributed by atoms with Gasteiger partial charge in [-0.2, -0.15) is 0 Å². The molecule has 0 radical (unpaired) electrons. The predicted molar refractivity (Wildman–Crippen MR) is 101 cm³/mol. The molecule has 140 valence electrons. The van der Waals surface area contributed by atoms with Gasteiger partial charge in [-0.15, -0.1) is 0 Å². The second kappa shape index (κ2) is 6.07. The van der Waals surface area contributed by atoms with Crippen LogP contribution in [0.2, 0.25) is 0 Å². The Hall–Kier alpha value is -2.44.